The first kappa shape index (κ1) is 8.66. The number of aromatic nitrogens is 1. The minimum Gasteiger partial charge on any atom is -1.00 e. The largest absolute Gasteiger partial charge is 1.00 e. The molecule has 0 fully saturated rings. The van der Waals surface area contributed by atoms with Crippen LogP contribution in [0.25, 0.3) is 4.98 Å². The van der Waals surface area contributed by atoms with Gasteiger partial charge in [-0.2, -0.15) is 0 Å². The summed E-state index contributed by atoms with van der Waals surface area (Å²) in [6.07, 6.45) is 1.26. The van der Waals surface area contributed by atoms with E-state index in [1.807, 2.05) is 0 Å². The zero-order chi connectivity index (χ0) is 6.69. The van der Waals surface area contributed by atoms with E-state index in [1.54, 1.807) is 12.1 Å². The smallest absolute Gasteiger partial charge is 0.622 e. The number of diazo groups is 1. The number of pyridine rings is 1. The summed E-state index contributed by atoms with van der Waals surface area (Å²) in [5, 5.41) is 18.6. The van der Waals surface area contributed by atoms with E-state index in [9.17, 15) is 5.21 Å². The van der Waals surface area contributed by atoms with Crippen molar-refractivity contribution in [3.63, 3.8) is 0 Å². The maximum atomic E-state index is 10.5. The van der Waals surface area contributed by atoms with Gasteiger partial charge < -0.3 is 17.6 Å². The maximum absolute atomic E-state index is 10.5. The average Bonchev–Trinajstić information content (AvgIpc) is 1.89. The fraction of sp³-hybridized carbons (Fsp3) is 0. The molecule has 0 aromatic carbocycles. The van der Waals surface area contributed by atoms with Gasteiger partial charge >= 0.3 is 5.82 Å². The highest BCUT2D eigenvalue weighted by Gasteiger charge is 2.13. The predicted octanol–water partition coefficient (Wildman–Crippen LogP) is -2.19. The maximum Gasteiger partial charge on any atom is 0.622 e. The molecule has 1 rings (SSSR count). The zero-order valence-corrected chi connectivity index (χ0v) is 5.69. The third-order valence-corrected chi connectivity index (χ3v) is 0.906. The molecule has 1 aromatic heterocycles. The Bertz CT molecular complexity index is 257. The van der Waals surface area contributed by atoms with Gasteiger partial charge in [0.2, 0.25) is 10.4 Å². The van der Waals surface area contributed by atoms with Gasteiger partial charge in [-0.3, -0.25) is 0 Å². The van der Waals surface area contributed by atoms with Crippen LogP contribution in [0.1, 0.15) is 0 Å². The molecule has 1 heterocycles. The summed E-state index contributed by atoms with van der Waals surface area (Å²) in [5.74, 6) is -0.00231. The van der Waals surface area contributed by atoms with Crippen LogP contribution in [0.4, 0.5) is 5.82 Å². The van der Waals surface area contributed by atoms with Crippen molar-refractivity contribution in [3.05, 3.63) is 34.6 Å². The Labute approximate surface area is 63.7 Å². The summed E-state index contributed by atoms with van der Waals surface area (Å²) in [4.78, 5) is 2.72. The zero-order valence-electron chi connectivity index (χ0n) is 4.94. The molecular weight excluding hydrogens is 154 g/mol. The summed E-state index contributed by atoms with van der Waals surface area (Å²) in [6, 6.07) is 4.58. The van der Waals surface area contributed by atoms with Crippen LogP contribution in [0.15, 0.2) is 24.4 Å². The van der Waals surface area contributed by atoms with Gasteiger partial charge in [0.05, 0.1) is 0 Å². The third kappa shape index (κ3) is 1.57. The van der Waals surface area contributed by atoms with E-state index < -0.39 is 0 Å². The van der Waals surface area contributed by atoms with E-state index in [-0.39, 0.29) is 18.2 Å². The topological polar surface area (TPSA) is 55.1 Å². The Balaban J connectivity index is 0.000000810. The van der Waals surface area contributed by atoms with E-state index in [0.29, 0.717) is 4.73 Å². The molecule has 0 aliphatic heterocycles. The molecule has 1 aromatic rings. The summed E-state index contributed by atoms with van der Waals surface area (Å²) in [5.41, 5.74) is 0. The van der Waals surface area contributed by atoms with E-state index in [4.69, 9.17) is 5.39 Å². The highest BCUT2D eigenvalue weighted by Crippen LogP contribution is 1.99. The van der Waals surface area contributed by atoms with Crippen molar-refractivity contribution in [2.24, 2.45) is 0 Å². The SMILES string of the molecule is N#[N+]c1cccc[n+]1[O-].[Cl-]. The summed E-state index contributed by atoms with van der Waals surface area (Å²) in [6.45, 7) is 0. The van der Waals surface area contributed by atoms with E-state index >= 15 is 0 Å². The summed E-state index contributed by atoms with van der Waals surface area (Å²) in [7, 11) is 0. The lowest BCUT2D eigenvalue weighted by atomic mass is 10.5. The van der Waals surface area contributed by atoms with Crippen LogP contribution in [-0.4, -0.2) is 0 Å². The lowest BCUT2D eigenvalue weighted by molar-refractivity contribution is -0.588. The van der Waals surface area contributed by atoms with Gasteiger partial charge in [-0.05, 0) is 6.07 Å². The molecule has 0 saturated heterocycles. The quantitative estimate of drug-likeness (QED) is 0.244. The van der Waals surface area contributed by atoms with Crippen molar-refractivity contribution in [2.45, 2.75) is 0 Å². The second-order valence-electron chi connectivity index (χ2n) is 1.48. The highest BCUT2D eigenvalue weighted by molar-refractivity contribution is 5.26. The molecule has 0 N–H and O–H groups in total. The van der Waals surface area contributed by atoms with Crippen LogP contribution in [0.5, 0.6) is 0 Å². The van der Waals surface area contributed by atoms with Gasteiger partial charge in [0.15, 0.2) is 6.20 Å². The van der Waals surface area contributed by atoms with Crippen LogP contribution in [-0.2, 0) is 0 Å². The van der Waals surface area contributed by atoms with Gasteiger partial charge in [0, 0.05) is 6.07 Å². The van der Waals surface area contributed by atoms with Crippen molar-refractivity contribution in [1.29, 1.82) is 5.39 Å². The average molecular weight is 158 g/mol. The van der Waals surface area contributed by atoms with E-state index in [0.717, 1.165) is 0 Å². The number of rotatable bonds is 0. The lowest BCUT2D eigenvalue weighted by Gasteiger charge is -1.85. The second-order valence-corrected chi connectivity index (χ2v) is 1.48. The molecular formula is C5H4ClN3O. The Morgan fingerprint density at radius 3 is 2.60 bits per heavy atom. The number of nitrogens with zero attached hydrogens (tertiary/aromatic N) is 3. The fourth-order valence-corrected chi connectivity index (χ4v) is 0.497. The Morgan fingerprint density at radius 2 is 2.20 bits per heavy atom. The van der Waals surface area contributed by atoms with Crippen molar-refractivity contribution >= 4 is 5.82 Å². The Morgan fingerprint density at radius 1 is 1.50 bits per heavy atom. The van der Waals surface area contributed by atoms with Crippen LogP contribution in [0.3, 0.4) is 0 Å². The van der Waals surface area contributed by atoms with Crippen molar-refractivity contribution in [1.82, 2.24) is 0 Å². The molecule has 0 saturated carbocycles. The van der Waals surface area contributed by atoms with E-state index in [1.165, 1.54) is 12.3 Å². The first-order valence-electron chi connectivity index (χ1n) is 2.38. The van der Waals surface area contributed by atoms with Gasteiger partial charge in [0.1, 0.15) is 6.07 Å². The molecule has 5 heteroatoms. The molecule has 0 radical (unpaired) electrons. The van der Waals surface area contributed by atoms with Crippen molar-refractivity contribution in [2.75, 3.05) is 0 Å². The third-order valence-electron chi connectivity index (χ3n) is 0.906. The minimum atomic E-state index is -0.00231. The standard InChI is InChI=1S/C5H4N3O.ClH/c6-7-5-3-1-2-4-8(5)9;/h1-4H;1H/q+1;/p-1. The van der Waals surface area contributed by atoms with Crippen LogP contribution in [0.2, 0.25) is 0 Å². The monoisotopic (exact) mass is 157 g/mol. The van der Waals surface area contributed by atoms with Gasteiger partial charge in [-0.1, -0.05) is 4.73 Å². The van der Waals surface area contributed by atoms with Crippen LogP contribution < -0.4 is 17.1 Å². The Hall–Kier alpha value is -1.34. The van der Waals surface area contributed by atoms with Gasteiger partial charge in [0.25, 0.3) is 0 Å². The molecule has 0 aliphatic carbocycles. The lowest BCUT2D eigenvalue weighted by Crippen LogP contribution is -3.00. The first-order valence-corrected chi connectivity index (χ1v) is 2.38. The number of halogens is 1. The first-order chi connectivity index (χ1) is 4.34. The van der Waals surface area contributed by atoms with Crippen molar-refractivity contribution < 1.29 is 17.1 Å². The Kier molecular flexibility index (Phi) is 3.15. The number of hydrogen-bond donors (Lipinski definition) is 0. The molecule has 0 spiro atoms. The molecule has 0 atom stereocenters. The predicted molar refractivity (Wildman–Crippen MR) is 30.1 cm³/mol. The fourth-order valence-electron chi connectivity index (χ4n) is 0.497. The molecule has 52 valence electrons. The molecule has 0 amide bonds. The van der Waals surface area contributed by atoms with Gasteiger partial charge in [-0.25, -0.2) is 0 Å². The molecule has 0 unspecified atom stereocenters. The minimum absolute atomic E-state index is 0. The molecule has 0 aliphatic rings. The highest BCUT2D eigenvalue weighted by atomic mass is 35.5. The van der Waals surface area contributed by atoms with Gasteiger partial charge in [-0.15, -0.1) is 0 Å². The molecule has 10 heavy (non-hydrogen) atoms. The van der Waals surface area contributed by atoms with Crippen LogP contribution in [0, 0.1) is 10.6 Å². The number of hydrogen-bond acceptors (Lipinski definition) is 2. The molecule has 0 bridgehead atoms. The normalized spacial score (nSPS) is 7.50. The summed E-state index contributed by atoms with van der Waals surface area (Å²) < 4.78 is 0.472. The van der Waals surface area contributed by atoms with Crippen LogP contribution >= 0.6 is 0 Å². The second kappa shape index (κ2) is 3.64. The van der Waals surface area contributed by atoms with Crippen molar-refractivity contribution in [3.8, 4) is 0 Å². The molecule has 4 nitrogen and oxygen atoms in total. The summed E-state index contributed by atoms with van der Waals surface area (Å²) >= 11 is 0. The van der Waals surface area contributed by atoms with E-state index in [2.05, 4.69) is 4.98 Å².